The normalized spacial score (nSPS) is 20.6. The molecule has 2 aromatic rings. The van der Waals surface area contributed by atoms with E-state index in [2.05, 4.69) is 33.0 Å². The minimum atomic E-state index is -3.55. The maximum Gasteiger partial charge on any atom is 0.255 e. The predicted octanol–water partition coefficient (Wildman–Crippen LogP) is 4.73. The summed E-state index contributed by atoms with van der Waals surface area (Å²) in [7, 11) is -3.55. The molecule has 1 fully saturated rings. The zero-order valence-electron chi connectivity index (χ0n) is 17.6. The fraction of sp³-hybridized carbons (Fsp3) is 0.435. The molecule has 2 unspecified atom stereocenters. The van der Waals surface area contributed by atoms with Crippen molar-refractivity contribution in [3.8, 4) is 0 Å². The molecule has 1 aliphatic rings. The molecule has 0 aliphatic carbocycles. The van der Waals surface area contributed by atoms with E-state index in [1.165, 1.54) is 12.1 Å². The summed E-state index contributed by atoms with van der Waals surface area (Å²) >= 11 is 0. The van der Waals surface area contributed by atoms with Crippen molar-refractivity contribution in [2.75, 3.05) is 18.4 Å². The van der Waals surface area contributed by atoms with Gasteiger partial charge < -0.3 is 5.32 Å². The van der Waals surface area contributed by atoms with Crippen molar-refractivity contribution < 1.29 is 13.2 Å². The van der Waals surface area contributed by atoms with Gasteiger partial charge in [-0.15, -0.1) is 0 Å². The molecule has 0 bridgehead atoms. The molecule has 1 saturated heterocycles. The summed E-state index contributed by atoms with van der Waals surface area (Å²) < 4.78 is 27.6. The van der Waals surface area contributed by atoms with Crippen LogP contribution in [0.4, 0.5) is 5.69 Å². The van der Waals surface area contributed by atoms with Gasteiger partial charge in [-0.2, -0.15) is 4.31 Å². The Morgan fingerprint density at radius 2 is 1.59 bits per heavy atom. The van der Waals surface area contributed by atoms with E-state index in [9.17, 15) is 13.2 Å². The Labute approximate surface area is 174 Å². The first kappa shape index (κ1) is 21.5. The van der Waals surface area contributed by atoms with Crippen molar-refractivity contribution in [1.29, 1.82) is 0 Å². The topological polar surface area (TPSA) is 66.5 Å². The zero-order chi connectivity index (χ0) is 21.2. The lowest BCUT2D eigenvalue weighted by atomic mass is 9.94. The Kier molecular flexibility index (Phi) is 6.44. The van der Waals surface area contributed by atoms with Gasteiger partial charge in [0.05, 0.1) is 4.90 Å². The van der Waals surface area contributed by atoms with Crippen LogP contribution in [0.25, 0.3) is 0 Å². The number of amides is 1. The summed E-state index contributed by atoms with van der Waals surface area (Å²) in [4.78, 5) is 12.9. The number of carbonyl (C=O) groups excluding carboxylic acids is 1. The number of piperidine rings is 1. The number of hydrogen-bond acceptors (Lipinski definition) is 3. The molecular formula is C23H30N2O3S. The lowest BCUT2D eigenvalue weighted by Crippen LogP contribution is -2.42. The molecule has 2 atom stereocenters. The molecule has 5 nitrogen and oxygen atoms in total. The van der Waals surface area contributed by atoms with Crippen LogP contribution in [0.3, 0.4) is 0 Å². The number of anilines is 1. The summed E-state index contributed by atoms with van der Waals surface area (Å²) in [6, 6.07) is 13.9. The van der Waals surface area contributed by atoms with Crippen molar-refractivity contribution in [3.63, 3.8) is 0 Å². The molecule has 0 spiro atoms. The molecule has 1 amide bonds. The summed E-state index contributed by atoms with van der Waals surface area (Å²) in [5.74, 6) is 0.731. The number of sulfonamides is 1. The molecule has 1 heterocycles. The standard InChI is InChI=1S/C23H30N2O3S/c1-16(2)21-7-5-6-8-22(21)24-23(26)19-9-11-20(12-10-19)29(27,28)25-14-17(3)13-18(4)15-25/h5-12,16-18H,13-15H2,1-4H3,(H,24,26). The Morgan fingerprint density at radius 1 is 1.00 bits per heavy atom. The number of hydrogen-bond donors (Lipinski definition) is 1. The quantitative estimate of drug-likeness (QED) is 0.769. The second-order valence-corrected chi connectivity index (χ2v) is 10.4. The maximum atomic E-state index is 13.0. The van der Waals surface area contributed by atoms with Crippen LogP contribution in [-0.4, -0.2) is 31.7 Å². The molecular weight excluding hydrogens is 384 g/mol. The SMILES string of the molecule is CC1CC(C)CN(S(=O)(=O)c2ccc(C(=O)Nc3ccccc3C(C)C)cc2)C1. The van der Waals surface area contributed by atoms with Crippen molar-refractivity contribution in [2.45, 2.75) is 44.9 Å². The molecule has 0 radical (unpaired) electrons. The van der Waals surface area contributed by atoms with Crippen LogP contribution in [0.2, 0.25) is 0 Å². The minimum absolute atomic E-state index is 0.234. The van der Waals surface area contributed by atoms with Crippen LogP contribution in [-0.2, 0) is 10.0 Å². The third kappa shape index (κ3) is 4.87. The molecule has 0 aromatic heterocycles. The molecule has 156 valence electrons. The summed E-state index contributed by atoms with van der Waals surface area (Å²) in [6.45, 7) is 9.41. The first-order valence-electron chi connectivity index (χ1n) is 10.2. The number of rotatable bonds is 5. The number of carbonyl (C=O) groups is 1. The lowest BCUT2D eigenvalue weighted by molar-refractivity contribution is 0.102. The Hall–Kier alpha value is -2.18. The van der Waals surface area contributed by atoms with E-state index < -0.39 is 10.0 Å². The van der Waals surface area contributed by atoms with Crippen LogP contribution in [0, 0.1) is 11.8 Å². The van der Waals surface area contributed by atoms with E-state index in [0.29, 0.717) is 30.5 Å². The highest BCUT2D eigenvalue weighted by Crippen LogP contribution is 2.27. The van der Waals surface area contributed by atoms with Gasteiger partial charge in [0.1, 0.15) is 0 Å². The Balaban J connectivity index is 1.77. The summed E-state index contributed by atoms with van der Waals surface area (Å²) in [6.07, 6.45) is 1.04. The lowest BCUT2D eigenvalue weighted by Gasteiger charge is -2.34. The van der Waals surface area contributed by atoms with E-state index in [1.54, 1.807) is 16.4 Å². The average Bonchev–Trinajstić information content (AvgIpc) is 2.67. The van der Waals surface area contributed by atoms with Crippen molar-refractivity contribution in [1.82, 2.24) is 4.31 Å². The van der Waals surface area contributed by atoms with Gasteiger partial charge in [0.15, 0.2) is 0 Å². The monoisotopic (exact) mass is 414 g/mol. The van der Waals surface area contributed by atoms with Gasteiger partial charge in [-0.3, -0.25) is 4.79 Å². The second kappa shape index (κ2) is 8.67. The molecule has 0 saturated carbocycles. The van der Waals surface area contributed by atoms with Crippen LogP contribution >= 0.6 is 0 Å². The molecule has 2 aromatic carbocycles. The first-order chi connectivity index (χ1) is 13.7. The zero-order valence-corrected chi connectivity index (χ0v) is 18.4. The largest absolute Gasteiger partial charge is 0.322 e. The molecule has 1 aliphatic heterocycles. The van der Waals surface area contributed by atoms with Crippen LogP contribution in [0.5, 0.6) is 0 Å². The predicted molar refractivity (Wildman–Crippen MR) is 117 cm³/mol. The number of nitrogens with one attached hydrogen (secondary N) is 1. The van der Waals surface area contributed by atoms with E-state index in [1.807, 2.05) is 24.3 Å². The van der Waals surface area contributed by atoms with E-state index in [-0.39, 0.29) is 16.7 Å². The second-order valence-electron chi connectivity index (χ2n) is 8.49. The first-order valence-corrected chi connectivity index (χ1v) is 11.6. The summed E-state index contributed by atoms with van der Waals surface area (Å²) in [5.41, 5.74) is 2.27. The van der Waals surface area contributed by atoms with Gasteiger partial charge in [-0.25, -0.2) is 8.42 Å². The highest BCUT2D eigenvalue weighted by Gasteiger charge is 2.31. The van der Waals surface area contributed by atoms with Gasteiger partial charge in [0, 0.05) is 24.3 Å². The summed E-state index contributed by atoms with van der Waals surface area (Å²) in [5, 5.41) is 2.94. The van der Waals surface area contributed by atoms with Crippen LogP contribution < -0.4 is 5.32 Å². The smallest absolute Gasteiger partial charge is 0.255 e. The van der Waals surface area contributed by atoms with Crippen molar-refractivity contribution in [2.24, 2.45) is 11.8 Å². The Bertz CT molecular complexity index is 958. The van der Waals surface area contributed by atoms with Gasteiger partial charge in [0.25, 0.3) is 5.91 Å². The van der Waals surface area contributed by atoms with Gasteiger partial charge in [-0.1, -0.05) is 45.9 Å². The molecule has 3 rings (SSSR count). The van der Waals surface area contributed by atoms with Gasteiger partial charge in [-0.05, 0) is 60.1 Å². The van der Waals surface area contributed by atoms with E-state index in [0.717, 1.165) is 17.7 Å². The molecule has 6 heteroatoms. The maximum absolute atomic E-state index is 13.0. The highest BCUT2D eigenvalue weighted by molar-refractivity contribution is 7.89. The Morgan fingerprint density at radius 3 is 2.17 bits per heavy atom. The number of nitrogens with zero attached hydrogens (tertiary/aromatic N) is 1. The molecule has 1 N–H and O–H groups in total. The highest BCUT2D eigenvalue weighted by atomic mass is 32.2. The fourth-order valence-electron chi connectivity index (χ4n) is 4.04. The van der Waals surface area contributed by atoms with Gasteiger partial charge in [0.2, 0.25) is 10.0 Å². The van der Waals surface area contributed by atoms with E-state index in [4.69, 9.17) is 0 Å². The number of para-hydroxylation sites is 1. The fourth-order valence-corrected chi connectivity index (χ4v) is 5.72. The third-order valence-electron chi connectivity index (χ3n) is 5.42. The number of benzene rings is 2. The van der Waals surface area contributed by atoms with Crippen LogP contribution in [0.15, 0.2) is 53.4 Å². The van der Waals surface area contributed by atoms with Gasteiger partial charge >= 0.3 is 0 Å². The minimum Gasteiger partial charge on any atom is -0.322 e. The van der Waals surface area contributed by atoms with Crippen LogP contribution in [0.1, 0.15) is 56.0 Å². The van der Waals surface area contributed by atoms with Crippen molar-refractivity contribution >= 4 is 21.6 Å². The third-order valence-corrected chi connectivity index (χ3v) is 7.27. The average molecular weight is 415 g/mol. The van der Waals surface area contributed by atoms with E-state index >= 15 is 0 Å². The van der Waals surface area contributed by atoms with Crippen molar-refractivity contribution in [3.05, 3.63) is 59.7 Å². The molecule has 29 heavy (non-hydrogen) atoms.